The molecule has 7 heteroatoms. The summed E-state index contributed by atoms with van der Waals surface area (Å²) in [6.07, 6.45) is 4.84. The molecule has 0 saturated carbocycles. The van der Waals surface area contributed by atoms with Crippen molar-refractivity contribution in [3.8, 4) is 0 Å². The minimum absolute atomic E-state index is 0.0619. The van der Waals surface area contributed by atoms with Gasteiger partial charge in [-0.2, -0.15) is 5.10 Å². The van der Waals surface area contributed by atoms with Gasteiger partial charge in [0.25, 0.3) is 5.56 Å². The highest BCUT2D eigenvalue weighted by molar-refractivity contribution is 5.82. The molecule has 1 amide bonds. The van der Waals surface area contributed by atoms with Gasteiger partial charge in [-0.05, 0) is 17.7 Å². The summed E-state index contributed by atoms with van der Waals surface area (Å²) in [6, 6.07) is 4.85. The average Bonchev–Trinajstić information content (AvgIpc) is 2.76. The number of nitrogens with zero attached hydrogens (tertiary/aromatic N) is 2. The second kappa shape index (κ2) is 5.58. The SMILES string of the molecule is O=C(Cc1cc(=O)[nH][nH]1)NN=Cc1ccncc1. The van der Waals surface area contributed by atoms with Gasteiger partial charge in [-0.3, -0.25) is 19.7 Å². The first-order valence-corrected chi connectivity index (χ1v) is 5.22. The zero-order valence-electron chi connectivity index (χ0n) is 9.38. The van der Waals surface area contributed by atoms with Crippen molar-refractivity contribution in [2.24, 2.45) is 5.10 Å². The number of rotatable bonds is 4. The van der Waals surface area contributed by atoms with E-state index in [9.17, 15) is 9.59 Å². The molecule has 0 aliphatic carbocycles. The van der Waals surface area contributed by atoms with Crippen LogP contribution >= 0.6 is 0 Å². The van der Waals surface area contributed by atoms with Gasteiger partial charge in [0.05, 0.1) is 12.6 Å². The number of H-pyrrole nitrogens is 2. The normalized spacial score (nSPS) is 10.7. The molecule has 0 bridgehead atoms. The standard InChI is InChI=1S/C11H11N5O2/c17-10(5-9-6-11(18)16-14-9)15-13-7-8-1-3-12-4-2-8/h1-4,6-7H,5H2,(H,15,17)(H2,14,16,18). The molecule has 0 radical (unpaired) electrons. The summed E-state index contributed by atoms with van der Waals surface area (Å²) in [6.45, 7) is 0. The summed E-state index contributed by atoms with van der Waals surface area (Å²) >= 11 is 0. The molecule has 2 aromatic heterocycles. The minimum atomic E-state index is -0.310. The van der Waals surface area contributed by atoms with Gasteiger partial charge in [0.15, 0.2) is 0 Å². The third kappa shape index (κ3) is 3.41. The highest BCUT2D eigenvalue weighted by Crippen LogP contribution is 1.91. The second-order valence-electron chi connectivity index (χ2n) is 3.53. The van der Waals surface area contributed by atoms with Crippen LogP contribution in [0.4, 0.5) is 0 Å². The van der Waals surface area contributed by atoms with E-state index >= 15 is 0 Å². The maximum atomic E-state index is 11.4. The first-order chi connectivity index (χ1) is 8.74. The lowest BCUT2D eigenvalue weighted by Crippen LogP contribution is -2.20. The summed E-state index contributed by atoms with van der Waals surface area (Å²) in [5, 5.41) is 8.73. The molecule has 7 nitrogen and oxygen atoms in total. The van der Waals surface area contributed by atoms with Crippen LogP contribution < -0.4 is 11.0 Å². The van der Waals surface area contributed by atoms with Crippen LogP contribution in [0.5, 0.6) is 0 Å². The Morgan fingerprint density at radius 2 is 2.17 bits per heavy atom. The fraction of sp³-hybridized carbons (Fsp3) is 0.0909. The number of aromatic amines is 2. The van der Waals surface area contributed by atoms with Crippen molar-refractivity contribution in [3.05, 3.63) is 52.2 Å². The largest absolute Gasteiger partial charge is 0.302 e. The number of pyridine rings is 1. The number of hydrazone groups is 1. The van der Waals surface area contributed by atoms with Gasteiger partial charge in [-0.1, -0.05) is 0 Å². The molecule has 0 aliphatic rings. The molecule has 3 N–H and O–H groups in total. The monoisotopic (exact) mass is 245 g/mol. The molecule has 0 aliphatic heterocycles. The van der Waals surface area contributed by atoms with E-state index in [0.29, 0.717) is 5.69 Å². The number of hydrogen-bond donors (Lipinski definition) is 3. The van der Waals surface area contributed by atoms with Crippen LogP contribution in [0.15, 0.2) is 40.5 Å². The van der Waals surface area contributed by atoms with Gasteiger partial charge < -0.3 is 5.10 Å². The fourth-order valence-electron chi connectivity index (χ4n) is 1.31. The quantitative estimate of drug-likeness (QED) is 0.513. The second-order valence-corrected chi connectivity index (χ2v) is 3.53. The molecule has 0 atom stereocenters. The highest BCUT2D eigenvalue weighted by Gasteiger charge is 2.03. The van der Waals surface area contributed by atoms with E-state index < -0.39 is 0 Å². The van der Waals surface area contributed by atoms with E-state index in [4.69, 9.17) is 0 Å². The maximum absolute atomic E-state index is 11.4. The number of carbonyl (C=O) groups excluding carboxylic acids is 1. The van der Waals surface area contributed by atoms with Gasteiger partial charge in [-0.15, -0.1) is 0 Å². The van der Waals surface area contributed by atoms with Crippen molar-refractivity contribution >= 4 is 12.1 Å². The summed E-state index contributed by atoms with van der Waals surface area (Å²) < 4.78 is 0. The Morgan fingerprint density at radius 3 is 2.83 bits per heavy atom. The van der Waals surface area contributed by atoms with Gasteiger partial charge in [-0.25, -0.2) is 5.43 Å². The van der Waals surface area contributed by atoms with Crippen LogP contribution in [-0.4, -0.2) is 27.3 Å². The predicted octanol–water partition coefficient (Wildman–Crippen LogP) is -0.209. The van der Waals surface area contributed by atoms with Crippen LogP contribution in [0, 0.1) is 0 Å². The molecule has 92 valence electrons. The molecular formula is C11H11N5O2. The lowest BCUT2D eigenvalue weighted by atomic mass is 10.3. The Balaban J connectivity index is 1.85. The topological polar surface area (TPSA) is 103 Å². The molecular weight excluding hydrogens is 234 g/mol. The van der Waals surface area contributed by atoms with Crippen LogP contribution in [0.25, 0.3) is 0 Å². The zero-order valence-corrected chi connectivity index (χ0v) is 9.38. The average molecular weight is 245 g/mol. The maximum Gasteiger partial charge on any atom is 0.264 e. The van der Waals surface area contributed by atoms with Crippen LogP contribution in [0.1, 0.15) is 11.3 Å². The Morgan fingerprint density at radius 1 is 1.39 bits per heavy atom. The van der Waals surface area contributed by atoms with Crippen molar-refractivity contribution < 1.29 is 4.79 Å². The molecule has 0 unspecified atom stereocenters. The minimum Gasteiger partial charge on any atom is -0.302 e. The van der Waals surface area contributed by atoms with Crippen LogP contribution in [0.3, 0.4) is 0 Å². The molecule has 18 heavy (non-hydrogen) atoms. The molecule has 0 saturated heterocycles. The molecule has 2 rings (SSSR count). The van der Waals surface area contributed by atoms with Crippen LogP contribution in [-0.2, 0) is 11.2 Å². The van der Waals surface area contributed by atoms with Crippen LogP contribution in [0.2, 0.25) is 0 Å². The number of nitrogens with one attached hydrogen (secondary N) is 3. The molecule has 0 spiro atoms. The molecule has 0 fully saturated rings. The highest BCUT2D eigenvalue weighted by atomic mass is 16.2. The number of aromatic nitrogens is 3. The Kier molecular flexibility index (Phi) is 3.65. The molecule has 2 heterocycles. The van der Waals surface area contributed by atoms with E-state index in [1.807, 2.05) is 0 Å². The molecule has 2 aromatic rings. The van der Waals surface area contributed by atoms with Crippen molar-refractivity contribution in [1.29, 1.82) is 0 Å². The van der Waals surface area contributed by atoms with Crippen molar-refractivity contribution in [2.75, 3.05) is 0 Å². The first kappa shape index (κ1) is 11.8. The van der Waals surface area contributed by atoms with Crippen molar-refractivity contribution in [1.82, 2.24) is 20.6 Å². The van der Waals surface area contributed by atoms with E-state index in [1.165, 1.54) is 12.3 Å². The van der Waals surface area contributed by atoms with Crippen molar-refractivity contribution in [2.45, 2.75) is 6.42 Å². The predicted molar refractivity (Wildman–Crippen MR) is 65.1 cm³/mol. The lowest BCUT2D eigenvalue weighted by Gasteiger charge is -1.96. The number of hydrogen-bond acceptors (Lipinski definition) is 4. The Labute approximate surface area is 102 Å². The summed E-state index contributed by atoms with van der Waals surface area (Å²) in [7, 11) is 0. The number of carbonyl (C=O) groups is 1. The van der Waals surface area contributed by atoms with E-state index in [2.05, 4.69) is 25.7 Å². The van der Waals surface area contributed by atoms with Gasteiger partial charge >= 0.3 is 0 Å². The Hall–Kier alpha value is -2.70. The zero-order chi connectivity index (χ0) is 12.8. The third-order valence-electron chi connectivity index (χ3n) is 2.11. The van der Waals surface area contributed by atoms with E-state index in [-0.39, 0.29) is 17.9 Å². The van der Waals surface area contributed by atoms with Gasteiger partial charge in [0.1, 0.15) is 0 Å². The summed E-state index contributed by atoms with van der Waals surface area (Å²) in [4.78, 5) is 26.1. The Bertz CT molecular complexity index is 599. The van der Waals surface area contributed by atoms with Crippen molar-refractivity contribution in [3.63, 3.8) is 0 Å². The lowest BCUT2D eigenvalue weighted by molar-refractivity contribution is -0.120. The van der Waals surface area contributed by atoms with Gasteiger partial charge in [0.2, 0.25) is 5.91 Å². The van der Waals surface area contributed by atoms with E-state index in [0.717, 1.165) is 5.56 Å². The van der Waals surface area contributed by atoms with E-state index in [1.54, 1.807) is 24.5 Å². The fourth-order valence-corrected chi connectivity index (χ4v) is 1.31. The molecule has 0 aromatic carbocycles. The third-order valence-corrected chi connectivity index (χ3v) is 2.11. The number of amides is 1. The smallest absolute Gasteiger partial charge is 0.264 e. The first-order valence-electron chi connectivity index (χ1n) is 5.22. The summed E-state index contributed by atoms with van der Waals surface area (Å²) in [5.74, 6) is -0.310. The van der Waals surface area contributed by atoms with Gasteiger partial charge in [0, 0.05) is 24.2 Å². The summed E-state index contributed by atoms with van der Waals surface area (Å²) in [5.41, 5.74) is 3.44.